The van der Waals surface area contributed by atoms with Crippen LogP contribution in [0.1, 0.15) is 16.1 Å². The van der Waals surface area contributed by atoms with E-state index in [-0.39, 0.29) is 10.6 Å². The van der Waals surface area contributed by atoms with E-state index >= 15 is 0 Å². The third-order valence-electron chi connectivity index (χ3n) is 2.26. The molecule has 2 aromatic rings. The van der Waals surface area contributed by atoms with Crippen LogP contribution in [-0.2, 0) is 6.42 Å². The molecule has 0 unspecified atom stereocenters. The van der Waals surface area contributed by atoms with Gasteiger partial charge in [0.25, 0.3) is 0 Å². The Kier molecular flexibility index (Phi) is 4.11. The van der Waals surface area contributed by atoms with Crippen molar-refractivity contribution >= 4 is 34.7 Å². The maximum Gasteiger partial charge on any atom is 0.337 e. The Morgan fingerprint density at radius 2 is 2.33 bits per heavy atom. The minimum atomic E-state index is -1.06. The summed E-state index contributed by atoms with van der Waals surface area (Å²) in [5.41, 5.74) is 2.82. The van der Waals surface area contributed by atoms with Gasteiger partial charge in [0.1, 0.15) is 5.82 Å². The number of aromatic carboxylic acids is 1. The summed E-state index contributed by atoms with van der Waals surface area (Å²) in [5, 5.41) is 14.1. The molecule has 0 aliphatic heterocycles. The molecular weight excluding hydrogens is 274 g/mol. The fourth-order valence-corrected chi connectivity index (χ4v) is 2.16. The van der Waals surface area contributed by atoms with Gasteiger partial charge in [0.2, 0.25) is 0 Å². The summed E-state index contributed by atoms with van der Waals surface area (Å²) >= 11 is 7.27. The zero-order chi connectivity index (χ0) is 13.0. The number of thiazole rings is 1. The third-order valence-corrected chi connectivity index (χ3v) is 3.19. The predicted octanol–water partition coefficient (Wildman–Crippen LogP) is 2.54. The van der Waals surface area contributed by atoms with Crippen LogP contribution in [0.4, 0.5) is 5.82 Å². The lowest BCUT2D eigenvalue weighted by molar-refractivity contribution is 0.0697. The largest absolute Gasteiger partial charge is 0.478 e. The Morgan fingerprint density at radius 3 is 3.00 bits per heavy atom. The van der Waals surface area contributed by atoms with Crippen LogP contribution in [0, 0.1) is 0 Å². The van der Waals surface area contributed by atoms with Gasteiger partial charge in [0.15, 0.2) is 0 Å². The Morgan fingerprint density at radius 1 is 1.50 bits per heavy atom. The molecule has 0 amide bonds. The first-order valence-electron chi connectivity index (χ1n) is 5.16. The molecule has 0 saturated heterocycles. The van der Waals surface area contributed by atoms with Crippen molar-refractivity contribution < 1.29 is 9.90 Å². The molecule has 2 heterocycles. The first-order chi connectivity index (χ1) is 8.66. The molecule has 2 N–H and O–H groups in total. The fraction of sp³-hybridized carbons (Fsp3) is 0.182. The van der Waals surface area contributed by atoms with Crippen molar-refractivity contribution in [3.8, 4) is 0 Å². The summed E-state index contributed by atoms with van der Waals surface area (Å²) < 4.78 is 0. The highest BCUT2D eigenvalue weighted by Crippen LogP contribution is 2.17. The number of halogens is 1. The number of pyridine rings is 1. The second-order valence-electron chi connectivity index (χ2n) is 3.51. The first-order valence-corrected chi connectivity index (χ1v) is 6.48. The molecule has 0 radical (unpaired) electrons. The molecule has 0 saturated carbocycles. The van der Waals surface area contributed by atoms with E-state index in [9.17, 15) is 4.79 Å². The minimum absolute atomic E-state index is 0.0443. The highest BCUT2D eigenvalue weighted by Gasteiger charge is 2.10. The Bertz CT molecular complexity index is 545. The first kappa shape index (κ1) is 12.8. The van der Waals surface area contributed by atoms with E-state index in [0.29, 0.717) is 12.4 Å². The van der Waals surface area contributed by atoms with E-state index < -0.39 is 5.97 Å². The van der Waals surface area contributed by atoms with Gasteiger partial charge >= 0.3 is 5.97 Å². The highest BCUT2D eigenvalue weighted by molar-refractivity contribution is 7.07. The minimum Gasteiger partial charge on any atom is -0.478 e. The second-order valence-corrected chi connectivity index (χ2v) is 4.64. The number of rotatable bonds is 5. The molecule has 0 fully saturated rings. The lowest BCUT2D eigenvalue weighted by Crippen LogP contribution is -2.08. The number of nitrogens with zero attached hydrogens (tertiary/aromatic N) is 2. The van der Waals surface area contributed by atoms with Crippen LogP contribution in [0.2, 0.25) is 5.02 Å². The van der Waals surface area contributed by atoms with E-state index in [1.807, 2.05) is 5.38 Å². The molecule has 0 spiro atoms. The molecule has 0 aliphatic carbocycles. The molecule has 2 rings (SSSR count). The normalized spacial score (nSPS) is 10.3. The van der Waals surface area contributed by atoms with Crippen molar-refractivity contribution in [1.82, 2.24) is 9.97 Å². The molecule has 5 nitrogen and oxygen atoms in total. The van der Waals surface area contributed by atoms with Gasteiger partial charge < -0.3 is 10.4 Å². The summed E-state index contributed by atoms with van der Waals surface area (Å²) in [5.74, 6) is -0.572. The van der Waals surface area contributed by atoms with Gasteiger partial charge in [-0.25, -0.2) is 14.8 Å². The molecule has 0 atom stereocenters. The monoisotopic (exact) mass is 283 g/mol. The van der Waals surface area contributed by atoms with Crippen molar-refractivity contribution in [2.45, 2.75) is 6.42 Å². The molecule has 94 valence electrons. The second kappa shape index (κ2) is 5.79. The standard InChI is InChI=1S/C11H10ClN3O2S/c12-9-4-14-10(3-8(9)11(16)17)13-2-1-7-5-18-6-15-7/h3-6H,1-2H2,(H,13,14)(H,16,17). The van der Waals surface area contributed by atoms with Crippen molar-refractivity contribution in [2.75, 3.05) is 11.9 Å². The summed E-state index contributed by atoms with van der Waals surface area (Å²) in [7, 11) is 0. The van der Waals surface area contributed by atoms with Crippen LogP contribution in [0.15, 0.2) is 23.2 Å². The number of carboxylic acids is 1. The van der Waals surface area contributed by atoms with Crippen LogP contribution in [0.25, 0.3) is 0 Å². The Labute approximate surface area is 112 Å². The van der Waals surface area contributed by atoms with Crippen molar-refractivity contribution in [3.05, 3.63) is 39.4 Å². The number of hydrogen-bond acceptors (Lipinski definition) is 5. The smallest absolute Gasteiger partial charge is 0.337 e. The van der Waals surface area contributed by atoms with Crippen molar-refractivity contribution in [1.29, 1.82) is 0 Å². The molecule has 0 aromatic carbocycles. The van der Waals surface area contributed by atoms with Crippen LogP contribution in [0.5, 0.6) is 0 Å². The number of carbonyl (C=O) groups is 1. The summed E-state index contributed by atoms with van der Waals surface area (Å²) in [6, 6.07) is 1.42. The van der Waals surface area contributed by atoms with Gasteiger partial charge in [0, 0.05) is 24.5 Å². The number of anilines is 1. The molecule has 18 heavy (non-hydrogen) atoms. The fourth-order valence-electron chi connectivity index (χ4n) is 1.38. The molecular formula is C11H10ClN3O2S. The van der Waals surface area contributed by atoms with Crippen LogP contribution in [-0.4, -0.2) is 27.6 Å². The average Bonchev–Trinajstić information content (AvgIpc) is 2.84. The van der Waals surface area contributed by atoms with Crippen molar-refractivity contribution in [2.24, 2.45) is 0 Å². The van der Waals surface area contributed by atoms with Crippen molar-refractivity contribution in [3.63, 3.8) is 0 Å². The lowest BCUT2D eigenvalue weighted by Gasteiger charge is -2.06. The summed E-state index contributed by atoms with van der Waals surface area (Å²) in [6.07, 6.45) is 2.09. The predicted molar refractivity (Wildman–Crippen MR) is 70.5 cm³/mol. The zero-order valence-electron chi connectivity index (χ0n) is 9.26. The maximum atomic E-state index is 10.9. The van der Waals surface area contributed by atoms with E-state index in [1.54, 1.807) is 16.8 Å². The summed E-state index contributed by atoms with van der Waals surface area (Å²) in [6.45, 7) is 0.636. The van der Waals surface area contributed by atoms with Gasteiger partial charge in [-0.2, -0.15) is 0 Å². The summed E-state index contributed by atoms with van der Waals surface area (Å²) in [4.78, 5) is 19.1. The number of carboxylic acid groups (broad SMARTS) is 1. The lowest BCUT2D eigenvalue weighted by atomic mass is 10.2. The molecule has 2 aromatic heterocycles. The van der Waals surface area contributed by atoms with E-state index in [2.05, 4.69) is 15.3 Å². The maximum absolute atomic E-state index is 10.9. The van der Waals surface area contributed by atoms with E-state index in [1.165, 1.54) is 12.3 Å². The average molecular weight is 284 g/mol. The van der Waals surface area contributed by atoms with Crippen LogP contribution < -0.4 is 5.32 Å². The molecule has 7 heteroatoms. The highest BCUT2D eigenvalue weighted by atomic mass is 35.5. The van der Waals surface area contributed by atoms with Gasteiger partial charge in [-0.3, -0.25) is 0 Å². The number of hydrogen-bond donors (Lipinski definition) is 2. The van der Waals surface area contributed by atoms with Gasteiger partial charge in [-0.1, -0.05) is 11.6 Å². The quantitative estimate of drug-likeness (QED) is 0.882. The van der Waals surface area contributed by atoms with Crippen LogP contribution >= 0.6 is 22.9 Å². The number of nitrogens with one attached hydrogen (secondary N) is 1. The van der Waals surface area contributed by atoms with Gasteiger partial charge in [-0.15, -0.1) is 11.3 Å². The van der Waals surface area contributed by atoms with Crippen LogP contribution in [0.3, 0.4) is 0 Å². The van der Waals surface area contributed by atoms with Gasteiger partial charge in [-0.05, 0) is 6.07 Å². The zero-order valence-corrected chi connectivity index (χ0v) is 10.8. The Balaban J connectivity index is 1.97. The molecule has 0 bridgehead atoms. The molecule has 0 aliphatic rings. The topological polar surface area (TPSA) is 75.1 Å². The van der Waals surface area contributed by atoms with Gasteiger partial charge in [0.05, 0.1) is 21.8 Å². The van der Waals surface area contributed by atoms with E-state index in [0.717, 1.165) is 12.1 Å². The van der Waals surface area contributed by atoms with E-state index in [4.69, 9.17) is 16.7 Å². The SMILES string of the molecule is O=C(O)c1cc(NCCc2cscn2)ncc1Cl. The Hall–Kier alpha value is -1.66. The third kappa shape index (κ3) is 3.18. The number of aromatic nitrogens is 2.